The van der Waals surface area contributed by atoms with E-state index in [0.717, 1.165) is 74.3 Å². The molecule has 1 aliphatic heterocycles. The summed E-state index contributed by atoms with van der Waals surface area (Å²) in [5.74, 6) is 2.49. The predicted octanol–water partition coefficient (Wildman–Crippen LogP) is 6.96. The Kier molecular flexibility index (Phi) is 14.2. The second kappa shape index (κ2) is 19.7. The van der Waals surface area contributed by atoms with Crippen molar-refractivity contribution < 1.29 is 23.9 Å². The van der Waals surface area contributed by atoms with Crippen LogP contribution in [0.3, 0.4) is 0 Å². The zero-order valence-corrected chi connectivity index (χ0v) is 34.3. The van der Waals surface area contributed by atoms with Crippen LogP contribution in [0.5, 0.6) is 0 Å². The van der Waals surface area contributed by atoms with Crippen LogP contribution in [0.1, 0.15) is 130 Å². The van der Waals surface area contributed by atoms with Crippen LogP contribution >= 0.6 is 0 Å². The van der Waals surface area contributed by atoms with Crippen molar-refractivity contribution in [2.75, 3.05) is 27.2 Å². The fraction of sp³-hybridized carbons (Fsp3) is 0.500. The van der Waals surface area contributed by atoms with Gasteiger partial charge < -0.3 is 40.9 Å². The van der Waals surface area contributed by atoms with Crippen molar-refractivity contribution >= 4 is 23.9 Å². The first-order valence-corrected chi connectivity index (χ1v) is 20.7. The number of methoxy groups -OCH3 is 1. The van der Waals surface area contributed by atoms with Crippen molar-refractivity contribution in [3.05, 3.63) is 95.5 Å². The van der Waals surface area contributed by atoms with Crippen molar-refractivity contribution in [3.63, 3.8) is 0 Å². The fourth-order valence-electron chi connectivity index (χ4n) is 8.34. The van der Waals surface area contributed by atoms with Gasteiger partial charge in [-0.05, 0) is 79.9 Å². The van der Waals surface area contributed by atoms with Crippen LogP contribution in [0, 0.1) is 5.92 Å². The molecule has 0 radical (unpaired) electrons. The molecule has 310 valence electrons. The first kappa shape index (κ1) is 42.0. The lowest BCUT2D eigenvalue weighted by molar-refractivity contribution is -0.135. The summed E-state index contributed by atoms with van der Waals surface area (Å²) in [6.07, 6.45) is 10.9. The van der Waals surface area contributed by atoms with Gasteiger partial charge in [0, 0.05) is 43.9 Å². The first-order chi connectivity index (χ1) is 28.1. The van der Waals surface area contributed by atoms with Crippen LogP contribution in [0.15, 0.2) is 67.0 Å². The molecule has 2 aromatic carbocycles. The van der Waals surface area contributed by atoms with Gasteiger partial charge in [-0.15, -0.1) is 0 Å². The van der Waals surface area contributed by atoms with E-state index >= 15 is 0 Å². The molecule has 2 aliphatic rings. The lowest BCUT2D eigenvalue weighted by Gasteiger charge is -2.30. The van der Waals surface area contributed by atoms with Crippen LogP contribution in [0.25, 0.3) is 11.3 Å². The second-order valence-electron chi connectivity index (χ2n) is 16.0. The number of hydrogen-bond acceptors (Lipinski definition) is 7. The molecule has 4 atom stereocenters. The number of aromatic amines is 2. The van der Waals surface area contributed by atoms with Crippen LogP contribution in [-0.2, 0) is 14.3 Å². The van der Waals surface area contributed by atoms with E-state index in [1.165, 1.54) is 18.4 Å². The van der Waals surface area contributed by atoms with Gasteiger partial charge in [-0.3, -0.25) is 9.59 Å². The van der Waals surface area contributed by atoms with Crippen LogP contribution < -0.4 is 21.3 Å². The van der Waals surface area contributed by atoms with Crippen LogP contribution in [-0.4, -0.2) is 82.1 Å². The molecule has 0 bridgehead atoms. The third kappa shape index (κ3) is 10.3. The Bertz CT molecular complexity index is 1970. The summed E-state index contributed by atoms with van der Waals surface area (Å²) in [5.41, 5.74) is 5.21. The maximum Gasteiger partial charge on any atom is 0.407 e. The number of hydrogen-bond donors (Lipinski definition) is 6. The highest BCUT2D eigenvalue weighted by Gasteiger charge is 2.37. The van der Waals surface area contributed by atoms with Gasteiger partial charge in [0.25, 0.3) is 0 Å². The molecule has 3 heterocycles. The normalized spacial score (nSPS) is 19.6. The number of alkyl carbamates (subject to hydrolysis) is 1. The second-order valence-corrected chi connectivity index (χ2v) is 16.0. The highest BCUT2D eigenvalue weighted by Crippen LogP contribution is 2.41. The van der Waals surface area contributed by atoms with Gasteiger partial charge in [0.1, 0.15) is 23.7 Å². The monoisotopic (exact) mass is 793 g/mol. The number of aromatic nitrogens is 4. The van der Waals surface area contributed by atoms with E-state index in [0.29, 0.717) is 30.5 Å². The maximum atomic E-state index is 13.6. The first-order valence-electron chi connectivity index (χ1n) is 20.7. The van der Waals surface area contributed by atoms with Crippen LogP contribution in [0.2, 0.25) is 0 Å². The third-order valence-corrected chi connectivity index (χ3v) is 11.8. The number of rotatable bonds is 15. The zero-order valence-electron chi connectivity index (χ0n) is 34.3. The van der Waals surface area contributed by atoms with Gasteiger partial charge in [0.05, 0.1) is 25.0 Å². The SMILES string of the molecule is CNC(=O)N[C@H](C(=O)N1CCC[C@H]1c1ncc(-c2ccc(C3CCC(c4cnc([C@@H](C)CCCNC(=O)[C@H](NC(=O)OC)c5ccccc5)[nH]4)CC3)cc2)[nH]1)C(C)C. The number of carbonyl (C=O) groups is 4. The standard InChI is InChI=1S/C44H59N9O5/c1-27(2)37(51-43(56)45-4)42(55)53-24-10-14-36(53)40-48-26-35(50-40)32-21-17-30(18-22-32)29-15-19-31(20-16-29)34-25-47-39(49-34)28(3)11-9-23-46-41(54)38(52-44(57)58-5)33-12-7-6-8-13-33/h6-8,12-13,17-18,21-22,25-29,31,36-38H,9-11,14-16,19-20,23-24H2,1-5H3,(H,46,54)(H,47,49)(H,48,50)(H,52,57)(H2,45,51,56)/t28-,29?,31?,36-,37-,38+/m0/s1. The number of imidazole rings is 2. The van der Waals surface area contributed by atoms with E-state index in [-0.39, 0.29) is 35.7 Å². The van der Waals surface area contributed by atoms with Gasteiger partial charge in [-0.25, -0.2) is 19.6 Å². The molecule has 4 aromatic rings. The highest BCUT2D eigenvalue weighted by atomic mass is 16.5. The number of nitrogens with zero attached hydrogens (tertiary/aromatic N) is 3. The lowest BCUT2D eigenvalue weighted by Crippen LogP contribution is -2.53. The summed E-state index contributed by atoms with van der Waals surface area (Å²) in [6.45, 7) is 7.15. The Morgan fingerprint density at radius 1 is 0.879 bits per heavy atom. The minimum absolute atomic E-state index is 0.0502. The zero-order chi connectivity index (χ0) is 41.2. The van der Waals surface area contributed by atoms with Gasteiger partial charge in [-0.2, -0.15) is 0 Å². The molecule has 1 saturated heterocycles. The molecular weight excluding hydrogens is 735 g/mol. The lowest BCUT2D eigenvalue weighted by atomic mass is 9.77. The van der Waals surface area contributed by atoms with E-state index in [4.69, 9.17) is 14.7 Å². The predicted molar refractivity (Wildman–Crippen MR) is 222 cm³/mol. The quantitative estimate of drug-likeness (QED) is 0.0703. The van der Waals surface area contributed by atoms with E-state index in [1.54, 1.807) is 19.2 Å². The summed E-state index contributed by atoms with van der Waals surface area (Å²) in [7, 11) is 2.83. The minimum Gasteiger partial charge on any atom is -0.453 e. The Labute approximate surface area is 341 Å². The molecule has 5 amide bonds. The van der Waals surface area contributed by atoms with Gasteiger partial charge in [0.15, 0.2) is 0 Å². The van der Waals surface area contributed by atoms with Gasteiger partial charge in [0.2, 0.25) is 11.8 Å². The largest absolute Gasteiger partial charge is 0.453 e. The number of benzene rings is 2. The Morgan fingerprint density at radius 2 is 1.60 bits per heavy atom. The number of urea groups is 1. The highest BCUT2D eigenvalue weighted by molar-refractivity contribution is 5.88. The average molecular weight is 794 g/mol. The molecule has 14 heteroatoms. The average Bonchev–Trinajstić information content (AvgIpc) is 4.05. The molecule has 14 nitrogen and oxygen atoms in total. The van der Waals surface area contributed by atoms with E-state index < -0.39 is 18.2 Å². The molecule has 58 heavy (non-hydrogen) atoms. The molecule has 2 aromatic heterocycles. The van der Waals surface area contributed by atoms with Gasteiger partial charge >= 0.3 is 12.1 Å². The Morgan fingerprint density at radius 3 is 2.29 bits per heavy atom. The number of amides is 5. The molecule has 6 N–H and O–H groups in total. The summed E-state index contributed by atoms with van der Waals surface area (Å²) in [6, 6.07) is 16.0. The minimum atomic E-state index is -0.830. The Hall–Kier alpha value is -5.66. The topological polar surface area (TPSA) is 186 Å². The molecule has 1 aliphatic carbocycles. The van der Waals surface area contributed by atoms with Crippen molar-refractivity contribution in [2.45, 2.75) is 108 Å². The summed E-state index contributed by atoms with van der Waals surface area (Å²) in [5, 5.41) is 11.0. The summed E-state index contributed by atoms with van der Waals surface area (Å²) in [4.78, 5) is 68.9. The molecule has 0 spiro atoms. The van der Waals surface area contributed by atoms with Crippen molar-refractivity contribution in [3.8, 4) is 11.3 Å². The number of H-pyrrole nitrogens is 2. The maximum absolute atomic E-state index is 13.6. The molecular formula is C44H59N9O5. The smallest absolute Gasteiger partial charge is 0.407 e. The third-order valence-electron chi connectivity index (χ3n) is 11.8. The number of ether oxygens (including phenoxy) is 1. The van der Waals surface area contributed by atoms with Crippen molar-refractivity contribution in [2.24, 2.45) is 5.92 Å². The van der Waals surface area contributed by atoms with Crippen molar-refractivity contribution in [1.82, 2.24) is 46.1 Å². The Balaban J connectivity index is 0.962. The molecule has 1 saturated carbocycles. The molecule has 0 unspecified atom stereocenters. The fourth-order valence-corrected chi connectivity index (χ4v) is 8.34. The molecule has 2 fully saturated rings. The van der Waals surface area contributed by atoms with E-state index in [9.17, 15) is 19.2 Å². The molecule has 6 rings (SSSR count). The summed E-state index contributed by atoms with van der Waals surface area (Å²) < 4.78 is 4.73. The van der Waals surface area contributed by atoms with E-state index in [1.807, 2.05) is 49.3 Å². The van der Waals surface area contributed by atoms with Crippen molar-refractivity contribution in [1.29, 1.82) is 0 Å². The summed E-state index contributed by atoms with van der Waals surface area (Å²) >= 11 is 0. The van der Waals surface area contributed by atoms with Crippen LogP contribution in [0.4, 0.5) is 9.59 Å². The van der Waals surface area contributed by atoms with E-state index in [2.05, 4.69) is 62.4 Å². The number of nitrogens with one attached hydrogen (secondary N) is 6. The number of likely N-dealkylation sites (tertiary alicyclic amines) is 1. The number of carbonyl (C=O) groups excluding carboxylic acids is 4. The van der Waals surface area contributed by atoms with Gasteiger partial charge in [-0.1, -0.05) is 75.4 Å².